The van der Waals surface area contributed by atoms with Gasteiger partial charge in [0.25, 0.3) is 0 Å². The van der Waals surface area contributed by atoms with E-state index in [-0.39, 0.29) is 5.76 Å². The Bertz CT molecular complexity index is 574. The summed E-state index contributed by atoms with van der Waals surface area (Å²) in [6.45, 7) is 0.306. The lowest BCUT2D eigenvalue weighted by molar-refractivity contribution is 0.505. The monoisotopic (exact) mass is 250 g/mol. The zero-order valence-electron chi connectivity index (χ0n) is 8.71. The third-order valence-corrected chi connectivity index (χ3v) is 2.39. The largest absolute Gasteiger partial charge is 0.449 e. The molecule has 0 bridgehead atoms. The summed E-state index contributed by atoms with van der Waals surface area (Å²) in [5.74, 6) is 0.374. The van der Waals surface area contributed by atoms with Gasteiger partial charge in [-0.1, -0.05) is 11.6 Å². The van der Waals surface area contributed by atoms with Crippen LogP contribution in [0, 0.1) is 17.1 Å². The summed E-state index contributed by atoms with van der Waals surface area (Å²) < 4.78 is 18.5. The van der Waals surface area contributed by atoms with Gasteiger partial charge in [-0.05, 0) is 30.3 Å². The maximum Gasteiger partial charge on any atom is 0.203 e. The standard InChI is InChI=1S/C12H8ClFN2O/c13-8-1-4-12(11(14)5-8)16-7-10-3-2-9(6-15)17-10/h1-5,16H,7H2. The molecule has 3 nitrogen and oxygen atoms in total. The van der Waals surface area contributed by atoms with Crippen molar-refractivity contribution in [1.29, 1.82) is 5.26 Å². The summed E-state index contributed by atoms with van der Waals surface area (Å²) in [7, 11) is 0. The summed E-state index contributed by atoms with van der Waals surface area (Å²) >= 11 is 5.63. The molecule has 1 aromatic carbocycles. The average molecular weight is 251 g/mol. The van der Waals surface area contributed by atoms with E-state index in [1.165, 1.54) is 6.07 Å². The molecule has 1 heterocycles. The summed E-state index contributed by atoms with van der Waals surface area (Å²) in [6.07, 6.45) is 0. The zero-order valence-corrected chi connectivity index (χ0v) is 9.46. The fourth-order valence-corrected chi connectivity index (χ4v) is 1.51. The second-order valence-electron chi connectivity index (χ2n) is 3.36. The second kappa shape index (κ2) is 4.89. The molecule has 0 atom stereocenters. The molecule has 17 heavy (non-hydrogen) atoms. The van der Waals surface area contributed by atoms with Crippen LogP contribution in [0.15, 0.2) is 34.7 Å². The van der Waals surface area contributed by atoms with Crippen molar-refractivity contribution < 1.29 is 8.81 Å². The highest BCUT2D eigenvalue weighted by Crippen LogP contribution is 2.19. The molecular weight excluding hydrogens is 243 g/mol. The van der Waals surface area contributed by atoms with Gasteiger partial charge in [0.05, 0.1) is 12.2 Å². The Hall–Kier alpha value is -1.99. The van der Waals surface area contributed by atoms with Crippen LogP contribution in [0.1, 0.15) is 11.5 Å². The minimum absolute atomic E-state index is 0.235. The van der Waals surface area contributed by atoms with Gasteiger partial charge in [0.15, 0.2) is 0 Å². The third-order valence-electron chi connectivity index (χ3n) is 2.16. The molecule has 0 amide bonds. The van der Waals surface area contributed by atoms with E-state index in [9.17, 15) is 4.39 Å². The smallest absolute Gasteiger partial charge is 0.203 e. The molecule has 86 valence electrons. The number of hydrogen-bond donors (Lipinski definition) is 1. The van der Waals surface area contributed by atoms with Crippen molar-refractivity contribution in [3.63, 3.8) is 0 Å². The predicted molar refractivity (Wildman–Crippen MR) is 62.2 cm³/mol. The van der Waals surface area contributed by atoms with Gasteiger partial charge >= 0.3 is 0 Å². The van der Waals surface area contributed by atoms with E-state index in [2.05, 4.69) is 5.32 Å². The minimum atomic E-state index is -0.426. The fourth-order valence-electron chi connectivity index (χ4n) is 1.35. The van der Waals surface area contributed by atoms with E-state index >= 15 is 0 Å². The SMILES string of the molecule is N#Cc1ccc(CNc2ccc(Cl)cc2F)o1. The summed E-state index contributed by atoms with van der Waals surface area (Å²) in [6, 6.07) is 9.48. The van der Waals surface area contributed by atoms with Crippen molar-refractivity contribution in [2.45, 2.75) is 6.54 Å². The fraction of sp³-hybridized carbons (Fsp3) is 0.0833. The molecule has 2 rings (SSSR count). The molecule has 1 aromatic heterocycles. The van der Waals surface area contributed by atoms with E-state index in [4.69, 9.17) is 21.3 Å². The molecule has 1 N–H and O–H groups in total. The Balaban J connectivity index is 2.05. The van der Waals surface area contributed by atoms with Gasteiger partial charge in [-0.25, -0.2) is 4.39 Å². The average Bonchev–Trinajstić information content (AvgIpc) is 2.76. The van der Waals surface area contributed by atoms with E-state index in [0.29, 0.717) is 23.0 Å². The van der Waals surface area contributed by atoms with Gasteiger partial charge in [0.1, 0.15) is 17.6 Å². The van der Waals surface area contributed by atoms with Crippen LogP contribution in [0.3, 0.4) is 0 Å². The molecule has 0 radical (unpaired) electrons. The van der Waals surface area contributed by atoms with Crippen LogP contribution >= 0.6 is 11.6 Å². The highest BCUT2D eigenvalue weighted by Gasteiger charge is 2.04. The number of hydrogen-bond acceptors (Lipinski definition) is 3. The van der Waals surface area contributed by atoms with Crippen LogP contribution in [0.4, 0.5) is 10.1 Å². The van der Waals surface area contributed by atoms with Crippen molar-refractivity contribution >= 4 is 17.3 Å². The van der Waals surface area contributed by atoms with E-state index < -0.39 is 5.82 Å². The first-order valence-electron chi connectivity index (χ1n) is 4.87. The molecule has 2 aromatic rings. The maximum absolute atomic E-state index is 13.4. The van der Waals surface area contributed by atoms with Crippen molar-refractivity contribution in [2.24, 2.45) is 0 Å². The number of halogens is 2. The first-order chi connectivity index (χ1) is 8.19. The lowest BCUT2D eigenvalue weighted by Gasteiger charge is -2.05. The number of nitriles is 1. The topological polar surface area (TPSA) is 49.0 Å². The number of benzene rings is 1. The van der Waals surface area contributed by atoms with Crippen LogP contribution in [-0.4, -0.2) is 0 Å². The van der Waals surface area contributed by atoms with Gasteiger partial charge < -0.3 is 9.73 Å². The number of anilines is 1. The normalized spacial score (nSPS) is 9.94. The molecule has 0 aliphatic carbocycles. The highest BCUT2D eigenvalue weighted by atomic mass is 35.5. The van der Waals surface area contributed by atoms with Crippen LogP contribution in [0.25, 0.3) is 0 Å². The lowest BCUT2D eigenvalue weighted by atomic mass is 10.3. The van der Waals surface area contributed by atoms with Crippen molar-refractivity contribution in [2.75, 3.05) is 5.32 Å². The molecule has 0 saturated carbocycles. The Morgan fingerprint density at radius 1 is 1.35 bits per heavy atom. The molecule has 0 aliphatic rings. The minimum Gasteiger partial charge on any atom is -0.449 e. The molecule has 0 spiro atoms. The first-order valence-corrected chi connectivity index (χ1v) is 5.24. The maximum atomic E-state index is 13.4. The van der Waals surface area contributed by atoms with Gasteiger partial charge in [-0.2, -0.15) is 5.26 Å². The molecular formula is C12H8ClFN2O. The first kappa shape index (κ1) is 11.5. The molecule has 0 unspecified atom stereocenters. The second-order valence-corrected chi connectivity index (χ2v) is 3.79. The summed E-state index contributed by atoms with van der Waals surface area (Å²) in [5.41, 5.74) is 0.337. The van der Waals surface area contributed by atoms with Crippen LogP contribution in [-0.2, 0) is 6.54 Å². The van der Waals surface area contributed by atoms with Crippen molar-refractivity contribution in [1.82, 2.24) is 0 Å². The van der Waals surface area contributed by atoms with Gasteiger partial charge in [0, 0.05) is 5.02 Å². The van der Waals surface area contributed by atoms with Crippen molar-refractivity contribution in [3.05, 3.63) is 52.7 Å². The van der Waals surface area contributed by atoms with Crippen LogP contribution in [0.5, 0.6) is 0 Å². The molecule has 0 aliphatic heterocycles. The van der Waals surface area contributed by atoms with Crippen molar-refractivity contribution in [3.8, 4) is 6.07 Å². The Kier molecular flexibility index (Phi) is 3.31. The summed E-state index contributed by atoms with van der Waals surface area (Å²) in [4.78, 5) is 0. The Morgan fingerprint density at radius 3 is 2.82 bits per heavy atom. The molecule has 0 fully saturated rings. The predicted octanol–water partition coefficient (Wildman–Crippen LogP) is 3.56. The highest BCUT2D eigenvalue weighted by molar-refractivity contribution is 6.30. The van der Waals surface area contributed by atoms with E-state index in [0.717, 1.165) is 0 Å². The zero-order chi connectivity index (χ0) is 12.3. The van der Waals surface area contributed by atoms with E-state index in [1.807, 2.05) is 6.07 Å². The lowest BCUT2D eigenvalue weighted by Crippen LogP contribution is -2.00. The molecule has 5 heteroatoms. The van der Waals surface area contributed by atoms with Gasteiger partial charge in [0.2, 0.25) is 5.76 Å². The number of nitrogens with zero attached hydrogens (tertiary/aromatic N) is 1. The Labute approximate surface area is 102 Å². The van der Waals surface area contributed by atoms with Gasteiger partial charge in [-0.3, -0.25) is 0 Å². The van der Waals surface area contributed by atoms with Crippen LogP contribution in [0.2, 0.25) is 5.02 Å². The number of furan rings is 1. The molecule has 0 saturated heterocycles. The quantitative estimate of drug-likeness (QED) is 0.906. The van der Waals surface area contributed by atoms with Gasteiger partial charge in [-0.15, -0.1) is 0 Å². The third kappa shape index (κ3) is 2.77. The summed E-state index contributed by atoms with van der Waals surface area (Å²) in [5, 5.41) is 11.8. The number of nitrogens with one attached hydrogen (secondary N) is 1. The van der Waals surface area contributed by atoms with Crippen LogP contribution < -0.4 is 5.32 Å². The van der Waals surface area contributed by atoms with E-state index in [1.54, 1.807) is 24.3 Å². The number of rotatable bonds is 3. The Morgan fingerprint density at radius 2 is 2.18 bits per heavy atom.